The third kappa shape index (κ3) is 5.70. The quantitative estimate of drug-likeness (QED) is 0.375. The fraction of sp³-hybridized carbons (Fsp3) is 0.409. The summed E-state index contributed by atoms with van der Waals surface area (Å²) in [5.41, 5.74) is 2.12. The SMILES string of the molecule is CNC(=O)c1cc([N+](=O)[O-])ccc1NCCCCN1CCN(c2ccccc2)CC1. The Balaban J connectivity index is 1.40. The number of nitro groups is 1. The van der Waals surface area contributed by atoms with Gasteiger partial charge in [-0.05, 0) is 37.6 Å². The van der Waals surface area contributed by atoms with Crippen LogP contribution in [0.25, 0.3) is 0 Å². The van der Waals surface area contributed by atoms with Crippen LogP contribution in [0, 0.1) is 10.1 Å². The number of rotatable bonds is 9. The molecule has 30 heavy (non-hydrogen) atoms. The topological polar surface area (TPSA) is 90.7 Å². The second kappa shape index (κ2) is 10.6. The molecule has 2 aromatic carbocycles. The molecule has 0 atom stereocenters. The van der Waals surface area contributed by atoms with Crippen LogP contribution in [0.5, 0.6) is 0 Å². The molecule has 1 aliphatic heterocycles. The maximum atomic E-state index is 12.0. The molecule has 1 aliphatic rings. The molecule has 1 amide bonds. The van der Waals surface area contributed by atoms with Gasteiger partial charge in [0.25, 0.3) is 11.6 Å². The molecular formula is C22H29N5O3. The second-order valence-electron chi connectivity index (χ2n) is 7.36. The number of piperazine rings is 1. The van der Waals surface area contributed by atoms with Crippen molar-refractivity contribution in [3.63, 3.8) is 0 Å². The van der Waals surface area contributed by atoms with Crippen molar-refractivity contribution in [1.82, 2.24) is 10.2 Å². The number of unbranched alkanes of at least 4 members (excludes halogenated alkanes) is 1. The van der Waals surface area contributed by atoms with E-state index < -0.39 is 4.92 Å². The summed E-state index contributed by atoms with van der Waals surface area (Å²) in [6.07, 6.45) is 2.02. The number of nitrogens with zero attached hydrogens (tertiary/aromatic N) is 3. The van der Waals surface area contributed by atoms with Gasteiger partial charge in [0.1, 0.15) is 0 Å². The van der Waals surface area contributed by atoms with Crippen molar-refractivity contribution in [2.75, 3.05) is 56.5 Å². The first-order valence-corrected chi connectivity index (χ1v) is 10.3. The van der Waals surface area contributed by atoms with E-state index in [0.717, 1.165) is 45.6 Å². The van der Waals surface area contributed by atoms with Gasteiger partial charge in [-0.2, -0.15) is 0 Å². The Kier molecular flexibility index (Phi) is 7.62. The monoisotopic (exact) mass is 411 g/mol. The summed E-state index contributed by atoms with van der Waals surface area (Å²) in [5.74, 6) is -0.336. The van der Waals surface area contributed by atoms with E-state index in [1.165, 1.54) is 24.9 Å². The van der Waals surface area contributed by atoms with Crippen LogP contribution in [-0.4, -0.2) is 62.0 Å². The Labute approximate surface area is 177 Å². The van der Waals surface area contributed by atoms with Gasteiger partial charge in [0.2, 0.25) is 0 Å². The average Bonchev–Trinajstić information content (AvgIpc) is 2.79. The summed E-state index contributed by atoms with van der Waals surface area (Å²) in [4.78, 5) is 27.4. The Hall–Kier alpha value is -3.13. The third-order valence-electron chi connectivity index (χ3n) is 5.40. The number of nitrogens with one attached hydrogen (secondary N) is 2. The predicted molar refractivity (Wildman–Crippen MR) is 119 cm³/mol. The van der Waals surface area contributed by atoms with Crippen LogP contribution in [0.3, 0.4) is 0 Å². The number of para-hydroxylation sites is 1. The van der Waals surface area contributed by atoms with E-state index in [2.05, 4.69) is 44.7 Å². The van der Waals surface area contributed by atoms with Crippen LogP contribution in [0.1, 0.15) is 23.2 Å². The van der Waals surface area contributed by atoms with Crippen molar-refractivity contribution in [1.29, 1.82) is 0 Å². The normalized spacial score (nSPS) is 14.4. The van der Waals surface area contributed by atoms with Gasteiger partial charge in [-0.1, -0.05) is 18.2 Å². The minimum absolute atomic E-state index is 0.0891. The van der Waals surface area contributed by atoms with Crippen LogP contribution < -0.4 is 15.5 Å². The van der Waals surface area contributed by atoms with Crippen molar-refractivity contribution >= 4 is 23.0 Å². The number of carbonyl (C=O) groups is 1. The van der Waals surface area contributed by atoms with Crippen molar-refractivity contribution < 1.29 is 9.72 Å². The first-order valence-electron chi connectivity index (χ1n) is 10.3. The number of nitro benzene ring substituents is 1. The van der Waals surface area contributed by atoms with E-state index in [1.54, 1.807) is 6.07 Å². The molecule has 8 heteroatoms. The zero-order valence-electron chi connectivity index (χ0n) is 17.3. The zero-order chi connectivity index (χ0) is 21.3. The molecule has 2 N–H and O–H groups in total. The first-order chi connectivity index (χ1) is 14.6. The summed E-state index contributed by atoms with van der Waals surface area (Å²) in [6, 6.07) is 14.9. The molecule has 1 heterocycles. The lowest BCUT2D eigenvalue weighted by molar-refractivity contribution is -0.384. The fourth-order valence-electron chi connectivity index (χ4n) is 3.67. The van der Waals surface area contributed by atoms with Crippen molar-refractivity contribution in [2.24, 2.45) is 0 Å². The lowest BCUT2D eigenvalue weighted by Gasteiger charge is -2.36. The third-order valence-corrected chi connectivity index (χ3v) is 5.40. The Morgan fingerprint density at radius 1 is 1.07 bits per heavy atom. The number of benzene rings is 2. The van der Waals surface area contributed by atoms with Crippen LogP contribution in [0.15, 0.2) is 48.5 Å². The summed E-state index contributed by atoms with van der Waals surface area (Å²) in [7, 11) is 1.52. The highest BCUT2D eigenvalue weighted by molar-refractivity contribution is 6.00. The maximum Gasteiger partial charge on any atom is 0.270 e. The Bertz CT molecular complexity index is 851. The van der Waals surface area contributed by atoms with E-state index in [0.29, 0.717) is 17.8 Å². The molecule has 8 nitrogen and oxygen atoms in total. The van der Waals surface area contributed by atoms with Crippen LogP contribution in [-0.2, 0) is 0 Å². The van der Waals surface area contributed by atoms with Gasteiger partial charge >= 0.3 is 0 Å². The van der Waals surface area contributed by atoms with Gasteiger partial charge in [-0.25, -0.2) is 0 Å². The highest BCUT2D eigenvalue weighted by atomic mass is 16.6. The zero-order valence-corrected chi connectivity index (χ0v) is 17.3. The maximum absolute atomic E-state index is 12.0. The molecule has 0 spiro atoms. The van der Waals surface area contributed by atoms with Gasteiger partial charge in [0.15, 0.2) is 0 Å². The highest BCUT2D eigenvalue weighted by Crippen LogP contribution is 2.22. The van der Waals surface area contributed by atoms with Gasteiger partial charge in [-0.3, -0.25) is 19.8 Å². The summed E-state index contributed by atoms with van der Waals surface area (Å²) in [5, 5.41) is 16.8. The molecular weight excluding hydrogens is 382 g/mol. The number of carbonyl (C=O) groups excluding carboxylic acids is 1. The number of hydrogen-bond acceptors (Lipinski definition) is 6. The minimum Gasteiger partial charge on any atom is -0.384 e. The molecule has 0 aliphatic carbocycles. The second-order valence-corrected chi connectivity index (χ2v) is 7.36. The number of non-ortho nitro benzene ring substituents is 1. The van der Waals surface area contributed by atoms with Crippen LogP contribution in [0.4, 0.5) is 17.1 Å². The van der Waals surface area contributed by atoms with Gasteiger partial charge < -0.3 is 15.5 Å². The minimum atomic E-state index is -0.492. The first kappa shape index (κ1) is 21.6. The molecule has 3 rings (SSSR count). The summed E-state index contributed by atoms with van der Waals surface area (Å²) < 4.78 is 0. The molecule has 1 saturated heterocycles. The molecule has 160 valence electrons. The van der Waals surface area contributed by atoms with E-state index in [9.17, 15) is 14.9 Å². The molecule has 0 unspecified atom stereocenters. The highest BCUT2D eigenvalue weighted by Gasteiger charge is 2.17. The van der Waals surface area contributed by atoms with E-state index in [4.69, 9.17) is 0 Å². The van der Waals surface area contributed by atoms with Crippen molar-refractivity contribution in [2.45, 2.75) is 12.8 Å². The van der Waals surface area contributed by atoms with E-state index >= 15 is 0 Å². The largest absolute Gasteiger partial charge is 0.384 e. The summed E-state index contributed by atoms with van der Waals surface area (Å²) in [6.45, 7) is 5.97. The van der Waals surface area contributed by atoms with Crippen molar-refractivity contribution in [3.8, 4) is 0 Å². The predicted octanol–water partition coefficient (Wildman–Crippen LogP) is 2.97. The Morgan fingerprint density at radius 3 is 2.47 bits per heavy atom. The molecule has 0 bridgehead atoms. The number of anilines is 2. The van der Waals surface area contributed by atoms with Gasteiger partial charge in [0.05, 0.1) is 10.5 Å². The lowest BCUT2D eigenvalue weighted by Crippen LogP contribution is -2.46. The molecule has 0 saturated carbocycles. The average molecular weight is 412 g/mol. The number of hydrogen-bond donors (Lipinski definition) is 2. The summed E-state index contributed by atoms with van der Waals surface area (Å²) >= 11 is 0. The van der Waals surface area contributed by atoms with Gasteiger partial charge in [0, 0.05) is 63.3 Å². The van der Waals surface area contributed by atoms with E-state index in [-0.39, 0.29) is 11.6 Å². The van der Waals surface area contributed by atoms with E-state index in [1.807, 2.05) is 6.07 Å². The molecule has 1 fully saturated rings. The number of amides is 1. The van der Waals surface area contributed by atoms with Crippen LogP contribution >= 0.6 is 0 Å². The molecule has 2 aromatic rings. The lowest BCUT2D eigenvalue weighted by atomic mass is 10.1. The van der Waals surface area contributed by atoms with Crippen molar-refractivity contribution in [3.05, 3.63) is 64.2 Å². The van der Waals surface area contributed by atoms with Crippen LogP contribution in [0.2, 0.25) is 0 Å². The molecule has 0 aromatic heterocycles. The fourth-order valence-corrected chi connectivity index (χ4v) is 3.67. The Morgan fingerprint density at radius 2 is 1.80 bits per heavy atom. The van der Waals surface area contributed by atoms with Gasteiger partial charge in [-0.15, -0.1) is 0 Å². The smallest absolute Gasteiger partial charge is 0.270 e. The molecule has 0 radical (unpaired) electrons. The standard InChI is InChI=1S/C22H29N5O3/c1-23-22(28)20-17-19(27(29)30)9-10-21(20)24-11-5-6-12-25-13-15-26(16-14-25)18-7-3-2-4-8-18/h2-4,7-10,17,24H,5-6,11-16H2,1H3,(H,23,28).